The molecule has 1 atom stereocenters. The Morgan fingerprint density at radius 1 is 1.19 bits per heavy atom. The van der Waals surface area contributed by atoms with Crippen LogP contribution in [0, 0.1) is 0 Å². The average molecular weight is 465 g/mol. The summed E-state index contributed by atoms with van der Waals surface area (Å²) in [6.07, 6.45) is 3.31. The molecule has 3 N–H and O–H groups in total. The number of anilines is 2. The molecule has 0 spiro atoms. The zero-order chi connectivity index (χ0) is 23.8. The van der Waals surface area contributed by atoms with E-state index >= 15 is 0 Å². The van der Waals surface area contributed by atoms with Crippen LogP contribution in [0.4, 0.5) is 11.5 Å². The molecular formula is C21H28N4O6S. The highest BCUT2D eigenvalue weighted by molar-refractivity contribution is 7.84. The Balaban J connectivity index is 2.33. The van der Waals surface area contributed by atoms with Gasteiger partial charge in [-0.3, -0.25) is 23.3 Å². The number of nitrogens with two attached hydrogens (primary N) is 1. The first-order valence-corrected chi connectivity index (χ1v) is 11.8. The summed E-state index contributed by atoms with van der Waals surface area (Å²) in [5.41, 5.74) is 4.59. The summed E-state index contributed by atoms with van der Waals surface area (Å²) in [6.45, 7) is 3.52. The molecule has 1 aromatic carbocycles. The highest BCUT2D eigenvalue weighted by atomic mass is 32.2. The zero-order valence-corrected chi connectivity index (χ0v) is 19.2. The van der Waals surface area contributed by atoms with Crippen molar-refractivity contribution in [2.75, 3.05) is 30.0 Å². The maximum atomic E-state index is 13.0. The van der Waals surface area contributed by atoms with E-state index in [1.54, 1.807) is 18.2 Å². The fourth-order valence-electron chi connectivity index (χ4n) is 3.13. The number of unbranched alkanes of at least 4 members (excludes halogenated alkanes) is 1. The number of rotatable bonds is 10. The quantitative estimate of drug-likeness (QED) is 0.504. The topological polar surface area (TPSA) is 145 Å². The molecule has 0 aliphatic rings. The van der Waals surface area contributed by atoms with Gasteiger partial charge in [0.1, 0.15) is 5.82 Å². The van der Waals surface area contributed by atoms with Gasteiger partial charge in [-0.2, -0.15) is 0 Å². The molecule has 2 aromatic rings. The SMILES string of the molecule is CCCCN(C(=O)COC(=O)c1ccccc1[S@](C)=O)c1c(N)n(CCC)c(=O)[nH]c1=O. The lowest BCUT2D eigenvalue weighted by Gasteiger charge is -2.24. The minimum atomic E-state index is -1.42. The number of aromatic nitrogens is 2. The second-order valence-electron chi connectivity index (χ2n) is 7.07. The summed E-state index contributed by atoms with van der Waals surface area (Å²) in [6, 6.07) is 6.24. The maximum absolute atomic E-state index is 13.0. The van der Waals surface area contributed by atoms with Crippen molar-refractivity contribution in [3.63, 3.8) is 0 Å². The molecule has 0 aliphatic heterocycles. The summed E-state index contributed by atoms with van der Waals surface area (Å²) >= 11 is 0. The fraction of sp³-hybridized carbons (Fsp3) is 0.429. The number of amides is 1. The smallest absolute Gasteiger partial charge is 0.339 e. The molecule has 1 aromatic heterocycles. The Bertz CT molecular complexity index is 1120. The van der Waals surface area contributed by atoms with Gasteiger partial charge < -0.3 is 15.4 Å². The number of nitrogens with zero attached hydrogens (tertiary/aromatic N) is 2. The molecule has 0 radical (unpaired) electrons. The van der Waals surface area contributed by atoms with E-state index < -0.39 is 40.5 Å². The van der Waals surface area contributed by atoms with Gasteiger partial charge >= 0.3 is 11.7 Å². The molecular weight excluding hydrogens is 436 g/mol. The monoisotopic (exact) mass is 464 g/mol. The normalized spacial score (nSPS) is 11.7. The molecule has 10 nitrogen and oxygen atoms in total. The third kappa shape index (κ3) is 5.72. The van der Waals surface area contributed by atoms with Crippen LogP contribution in [-0.4, -0.2) is 45.0 Å². The Labute approximate surface area is 187 Å². The highest BCUT2D eigenvalue weighted by Crippen LogP contribution is 2.19. The van der Waals surface area contributed by atoms with Crippen LogP contribution in [0.25, 0.3) is 0 Å². The van der Waals surface area contributed by atoms with Gasteiger partial charge in [-0.25, -0.2) is 9.59 Å². The molecule has 0 saturated heterocycles. The van der Waals surface area contributed by atoms with Gasteiger partial charge in [-0.15, -0.1) is 0 Å². The first-order valence-electron chi connectivity index (χ1n) is 10.2. The van der Waals surface area contributed by atoms with E-state index in [2.05, 4.69) is 4.98 Å². The molecule has 0 aliphatic carbocycles. The number of hydrogen-bond donors (Lipinski definition) is 2. The van der Waals surface area contributed by atoms with Crippen LogP contribution in [0.1, 0.15) is 43.5 Å². The van der Waals surface area contributed by atoms with E-state index in [0.717, 1.165) is 11.3 Å². The second kappa shape index (κ2) is 11.4. The Morgan fingerprint density at radius 2 is 1.88 bits per heavy atom. The van der Waals surface area contributed by atoms with Crippen LogP contribution < -0.4 is 21.9 Å². The zero-order valence-electron chi connectivity index (χ0n) is 18.4. The van der Waals surface area contributed by atoms with E-state index in [4.69, 9.17) is 10.5 Å². The lowest BCUT2D eigenvalue weighted by atomic mass is 10.2. The van der Waals surface area contributed by atoms with Crippen molar-refractivity contribution in [1.82, 2.24) is 9.55 Å². The molecule has 2 rings (SSSR count). The van der Waals surface area contributed by atoms with Crippen molar-refractivity contribution in [1.29, 1.82) is 0 Å². The number of carbonyl (C=O) groups is 2. The molecule has 1 heterocycles. The summed E-state index contributed by atoms with van der Waals surface area (Å²) in [4.78, 5) is 53.7. The van der Waals surface area contributed by atoms with Gasteiger partial charge in [0.15, 0.2) is 12.3 Å². The second-order valence-corrected chi connectivity index (χ2v) is 8.42. The molecule has 32 heavy (non-hydrogen) atoms. The van der Waals surface area contributed by atoms with Crippen molar-refractivity contribution < 1.29 is 18.5 Å². The molecule has 174 valence electrons. The van der Waals surface area contributed by atoms with Crippen molar-refractivity contribution in [2.45, 2.75) is 44.6 Å². The highest BCUT2D eigenvalue weighted by Gasteiger charge is 2.25. The summed E-state index contributed by atoms with van der Waals surface area (Å²) in [7, 11) is -1.42. The number of hydrogen-bond acceptors (Lipinski definition) is 7. The average Bonchev–Trinajstić information content (AvgIpc) is 2.76. The molecule has 1 amide bonds. The van der Waals surface area contributed by atoms with Crippen molar-refractivity contribution in [2.24, 2.45) is 0 Å². The van der Waals surface area contributed by atoms with Crippen LogP contribution in [0.15, 0.2) is 38.8 Å². The summed E-state index contributed by atoms with van der Waals surface area (Å²) in [5, 5.41) is 0. The van der Waals surface area contributed by atoms with E-state index in [1.807, 2.05) is 13.8 Å². The van der Waals surface area contributed by atoms with Crippen LogP contribution in [0.2, 0.25) is 0 Å². The molecule has 0 saturated carbocycles. The first kappa shape index (κ1) is 25.1. The Morgan fingerprint density at radius 3 is 2.50 bits per heavy atom. The lowest BCUT2D eigenvalue weighted by Crippen LogP contribution is -2.43. The minimum absolute atomic E-state index is 0.0927. The van der Waals surface area contributed by atoms with E-state index in [9.17, 15) is 23.4 Å². The number of carbonyl (C=O) groups excluding carboxylic acids is 2. The van der Waals surface area contributed by atoms with Gasteiger partial charge in [0.25, 0.3) is 11.5 Å². The molecule has 0 fully saturated rings. The van der Waals surface area contributed by atoms with Crippen LogP contribution in [-0.2, 0) is 26.9 Å². The summed E-state index contributed by atoms with van der Waals surface area (Å²) < 4.78 is 18.2. The van der Waals surface area contributed by atoms with E-state index in [0.29, 0.717) is 17.7 Å². The number of ether oxygens (including phenoxy) is 1. The van der Waals surface area contributed by atoms with Gasteiger partial charge in [-0.1, -0.05) is 32.4 Å². The van der Waals surface area contributed by atoms with Crippen molar-refractivity contribution >= 4 is 34.2 Å². The number of nitrogen functional groups attached to an aromatic ring is 1. The van der Waals surface area contributed by atoms with E-state index in [-0.39, 0.29) is 30.2 Å². The van der Waals surface area contributed by atoms with Gasteiger partial charge in [-0.05, 0) is 25.0 Å². The summed E-state index contributed by atoms with van der Waals surface area (Å²) in [5.74, 6) is -1.60. The lowest BCUT2D eigenvalue weighted by molar-refractivity contribution is -0.121. The first-order chi connectivity index (χ1) is 15.2. The largest absolute Gasteiger partial charge is 0.452 e. The predicted molar refractivity (Wildman–Crippen MR) is 122 cm³/mol. The van der Waals surface area contributed by atoms with Gasteiger partial charge in [0.2, 0.25) is 0 Å². The molecule has 0 unspecified atom stereocenters. The third-order valence-electron chi connectivity index (χ3n) is 4.71. The number of esters is 1. The minimum Gasteiger partial charge on any atom is -0.452 e. The predicted octanol–water partition coefficient (Wildman–Crippen LogP) is 1.26. The molecule has 0 bridgehead atoms. The van der Waals surface area contributed by atoms with Crippen LogP contribution >= 0.6 is 0 Å². The Kier molecular flexibility index (Phi) is 8.94. The third-order valence-corrected chi connectivity index (χ3v) is 5.69. The fourth-order valence-corrected chi connectivity index (χ4v) is 3.86. The van der Waals surface area contributed by atoms with Crippen molar-refractivity contribution in [3.8, 4) is 0 Å². The number of aromatic amines is 1. The van der Waals surface area contributed by atoms with Gasteiger partial charge in [0.05, 0.1) is 21.3 Å². The van der Waals surface area contributed by atoms with Gasteiger partial charge in [0, 0.05) is 19.3 Å². The van der Waals surface area contributed by atoms with Crippen molar-refractivity contribution in [3.05, 3.63) is 50.7 Å². The van der Waals surface area contributed by atoms with Crippen LogP contribution in [0.5, 0.6) is 0 Å². The number of nitrogens with one attached hydrogen (secondary N) is 1. The standard InChI is InChI=1S/C21H28N4O6S/c1-4-6-12-24(17-18(22)25(11-5-2)21(29)23-19(17)27)16(26)13-31-20(28)14-9-7-8-10-15(14)32(3)30/h7-10H,4-6,11-13,22H2,1-3H3,(H,23,27,29)/t32-/m0/s1. The van der Waals surface area contributed by atoms with Crippen LogP contribution in [0.3, 0.4) is 0 Å². The number of benzene rings is 1. The Hall–Kier alpha value is -3.21. The number of H-pyrrole nitrogens is 1. The molecule has 11 heteroatoms. The van der Waals surface area contributed by atoms with E-state index in [1.165, 1.54) is 16.9 Å². The maximum Gasteiger partial charge on any atom is 0.339 e.